The smallest absolute Gasteiger partial charge is 0.370 e. The van der Waals surface area contributed by atoms with Gasteiger partial charge in [-0.1, -0.05) is 11.6 Å². The lowest BCUT2D eigenvalue weighted by Gasteiger charge is -2.29. The zero-order valence-corrected chi connectivity index (χ0v) is 22.6. The third-order valence-electron chi connectivity index (χ3n) is 6.18. The van der Waals surface area contributed by atoms with Gasteiger partial charge in [-0.25, -0.2) is 19.9 Å². The molecule has 1 aliphatic heterocycles. The number of alkyl halides is 3. The van der Waals surface area contributed by atoms with Crippen molar-refractivity contribution in [3.63, 3.8) is 0 Å². The molecule has 0 aromatic carbocycles. The molecule has 3 aromatic rings. The van der Waals surface area contributed by atoms with Gasteiger partial charge in [-0.15, -0.1) is 11.3 Å². The summed E-state index contributed by atoms with van der Waals surface area (Å²) in [4.78, 5) is 43.9. The van der Waals surface area contributed by atoms with E-state index in [2.05, 4.69) is 47.8 Å². The van der Waals surface area contributed by atoms with Crippen LogP contribution in [-0.2, 0) is 6.18 Å². The number of hydrogen-bond donors (Lipinski definition) is 3. The summed E-state index contributed by atoms with van der Waals surface area (Å²) in [6.45, 7) is 4.56. The average Bonchev–Trinajstić information content (AvgIpc) is 3.40. The molecule has 15 heteroatoms. The highest BCUT2D eigenvalue weighted by molar-refractivity contribution is 7.13. The van der Waals surface area contributed by atoms with Crippen molar-refractivity contribution in [2.75, 3.05) is 37.3 Å². The number of aromatic nitrogens is 4. The predicted molar refractivity (Wildman–Crippen MR) is 141 cm³/mol. The summed E-state index contributed by atoms with van der Waals surface area (Å²) in [6, 6.07) is 1.66. The highest BCUT2D eigenvalue weighted by Gasteiger charge is 2.34. The lowest BCUT2D eigenvalue weighted by molar-refractivity contribution is -0.137. The summed E-state index contributed by atoms with van der Waals surface area (Å²) in [5, 5.41) is 8.22. The third kappa shape index (κ3) is 7.61. The van der Waals surface area contributed by atoms with E-state index in [0.29, 0.717) is 22.8 Å². The van der Waals surface area contributed by atoms with Crippen molar-refractivity contribution in [2.24, 2.45) is 5.92 Å². The maximum atomic E-state index is 13.1. The van der Waals surface area contributed by atoms with Crippen LogP contribution >= 0.6 is 22.9 Å². The van der Waals surface area contributed by atoms with Gasteiger partial charge in [0, 0.05) is 18.8 Å². The molecule has 2 amide bonds. The number of likely N-dealkylation sites (tertiary alicyclic amines) is 1. The van der Waals surface area contributed by atoms with Crippen molar-refractivity contribution in [3.8, 4) is 0 Å². The van der Waals surface area contributed by atoms with E-state index in [9.17, 15) is 22.8 Å². The lowest BCUT2D eigenvalue weighted by atomic mass is 9.97. The first-order valence-electron chi connectivity index (χ1n) is 12.0. The van der Waals surface area contributed by atoms with Crippen LogP contribution in [0.2, 0.25) is 5.02 Å². The van der Waals surface area contributed by atoms with Crippen LogP contribution in [0, 0.1) is 5.92 Å². The van der Waals surface area contributed by atoms with Crippen LogP contribution in [0.3, 0.4) is 0 Å². The fourth-order valence-electron chi connectivity index (χ4n) is 3.92. The zero-order chi connectivity index (χ0) is 28.2. The number of carbonyl (C=O) groups is 2. The largest absolute Gasteiger partial charge is 0.418 e. The Kier molecular flexibility index (Phi) is 8.97. The van der Waals surface area contributed by atoms with Crippen LogP contribution < -0.4 is 16.0 Å². The minimum Gasteiger partial charge on any atom is -0.370 e. The Balaban J connectivity index is 1.33. The number of thiazole rings is 1. The minimum atomic E-state index is -4.70. The molecule has 3 N–H and O–H groups in total. The second kappa shape index (κ2) is 12.2. The lowest BCUT2D eigenvalue weighted by Crippen LogP contribution is -2.33. The van der Waals surface area contributed by atoms with Gasteiger partial charge in [0.1, 0.15) is 33.5 Å². The second-order valence-corrected chi connectivity index (χ2v) is 10.6. The molecule has 39 heavy (non-hydrogen) atoms. The van der Waals surface area contributed by atoms with Crippen molar-refractivity contribution >= 4 is 46.4 Å². The molecular weight excluding hydrogens is 557 g/mol. The first kappa shape index (κ1) is 28.6. The van der Waals surface area contributed by atoms with Gasteiger partial charge in [0.15, 0.2) is 0 Å². The number of hydrogen-bond acceptors (Lipinski definition) is 9. The normalized spacial score (nSPS) is 15.5. The van der Waals surface area contributed by atoms with E-state index in [4.69, 9.17) is 11.6 Å². The summed E-state index contributed by atoms with van der Waals surface area (Å²) in [5.41, 5.74) is -0.938. The van der Waals surface area contributed by atoms with E-state index in [1.54, 1.807) is 13.0 Å². The molecule has 0 radical (unpaired) electrons. The monoisotopic (exact) mass is 582 g/mol. The van der Waals surface area contributed by atoms with E-state index in [0.717, 1.165) is 50.0 Å². The number of rotatable bonds is 8. The fraction of sp³-hybridized carbons (Fsp3) is 0.417. The van der Waals surface area contributed by atoms with Gasteiger partial charge < -0.3 is 20.9 Å². The average molecular weight is 583 g/mol. The molecule has 1 aliphatic rings. The van der Waals surface area contributed by atoms with Crippen LogP contribution in [-0.4, -0.2) is 63.3 Å². The van der Waals surface area contributed by atoms with E-state index < -0.39 is 34.6 Å². The quantitative estimate of drug-likeness (QED) is 0.355. The molecule has 4 rings (SSSR count). The highest BCUT2D eigenvalue weighted by atomic mass is 35.5. The summed E-state index contributed by atoms with van der Waals surface area (Å²) >= 11 is 6.55. The first-order valence-corrected chi connectivity index (χ1v) is 13.2. The Morgan fingerprint density at radius 1 is 1.10 bits per heavy atom. The maximum absolute atomic E-state index is 13.1. The summed E-state index contributed by atoms with van der Waals surface area (Å²) in [5.74, 6) is -0.363. The molecule has 208 valence electrons. The van der Waals surface area contributed by atoms with Crippen molar-refractivity contribution in [1.82, 2.24) is 30.2 Å². The standard InChI is InChI=1S/C24H26ClF3N8O2S/c1-13(34-21(37)17-8-19(33-12-32-17)29-9-14-3-5-36(2)6-4-14)23-31-11-18(39-23)22(38)35-20-7-15(24(26,27)28)16(25)10-30-20/h7-8,10-14H,3-6,9H2,1-2H3,(H,34,37)(H,29,32,33)(H,30,35,38). The number of nitrogens with one attached hydrogen (secondary N) is 3. The zero-order valence-electron chi connectivity index (χ0n) is 21.0. The molecular formula is C24H26ClF3N8O2S. The van der Waals surface area contributed by atoms with E-state index in [1.165, 1.54) is 12.5 Å². The topological polar surface area (TPSA) is 125 Å². The van der Waals surface area contributed by atoms with E-state index in [1.807, 2.05) is 0 Å². The van der Waals surface area contributed by atoms with Crippen molar-refractivity contribution in [2.45, 2.75) is 32.0 Å². The van der Waals surface area contributed by atoms with Crippen LogP contribution in [0.25, 0.3) is 0 Å². The highest BCUT2D eigenvalue weighted by Crippen LogP contribution is 2.35. The molecule has 1 atom stereocenters. The Bertz CT molecular complexity index is 1330. The summed E-state index contributed by atoms with van der Waals surface area (Å²) < 4.78 is 39.2. The van der Waals surface area contributed by atoms with Gasteiger partial charge in [0.25, 0.3) is 11.8 Å². The molecule has 1 fully saturated rings. The van der Waals surface area contributed by atoms with Crippen LogP contribution in [0.4, 0.5) is 24.8 Å². The molecule has 10 nitrogen and oxygen atoms in total. The Morgan fingerprint density at radius 3 is 2.56 bits per heavy atom. The van der Waals surface area contributed by atoms with Crippen molar-refractivity contribution < 1.29 is 22.8 Å². The molecule has 1 saturated heterocycles. The molecule has 0 spiro atoms. The second-order valence-electron chi connectivity index (χ2n) is 9.18. The van der Waals surface area contributed by atoms with Crippen molar-refractivity contribution in [1.29, 1.82) is 0 Å². The number of halogens is 4. The van der Waals surface area contributed by atoms with E-state index in [-0.39, 0.29) is 16.4 Å². The van der Waals surface area contributed by atoms with Crippen LogP contribution in [0.5, 0.6) is 0 Å². The van der Waals surface area contributed by atoms with Gasteiger partial charge in [-0.2, -0.15) is 13.2 Å². The molecule has 0 aliphatic carbocycles. The number of nitrogens with zero attached hydrogens (tertiary/aromatic N) is 5. The molecule has 1 unspecified atom stereocenters. The Labute approximate surface area is 231 Å². The number of anilines is 2. The van der Waals surface area contributed by atoms with E-state index >= 15 is 0 Å². The predicted octanol–water partition coefficient (Wildman–Crippen LogP) is 4.50. The van der Waals surface area contributed by atoms with Gasteiger partial charge in [-0.05, 0) is 51.9 Å². The maximum Gasteiger partial charge on any atom is 0.418 e. The first-order chi connectivity index (χ1) is 18.5. The SMILES string of the molecule is CC(NC(=O)c1cc(NCC2CCN(C)CC2)ncn1)c1ncc(C(=O)Nc2cc(C(F)(F)F)c(Cl)cn2)s1. The number of pyridine rings is 1. The van der Waals surface area contributed by atoms with Crippen LogP contribution in [0.15, 0.2) is 30.9 Å². The molecule has 3 aromatic heterocycles. The number of amides is 2. The van der Waals surface area contributed by atoms with Crippen molar-refractivity contribution in [3.05, 3.63) is 57.0 Å². The Hall–Kier alpha value is -3.36. The third-order valence-corrected chi connectivity index (χ3v) is 7.66. The molecule has 0 saturated carbocycles. The number of carbonyl (C=O) groups excluding carboxylic acids is 2. The fourth-order valence-corrected chi connectivity index (χ4v) is 4.95. The van der Waals surface area contributed by atoms with Gasteiger partial charge >= 0.3 is 6.18 Å². The molecule has 4 heterocycles. The minimum absolute atomic E-state index is 0.124. The van der Waals surface area contributed by atoms with Crippen LogP contribution in [0.1, 0.15) is 56.5 Å². The van der Waals surface area contributed by atoms with Gasteiger partial charge in [-0.3, -0.25) is 9.59 Å². The van der Waals surface area contributed by atoms with Gasteiger partial charge in [0.05, 0.1) is 22.8 Å². The molecule has 0 bridgehead atoms. The number of piperidine rings is 1. The summed E-state index contributed by atoms with van der Waals surface area (Å²) in [6.07, 6.45) is 0.901. The van der Waals surface area contributed by atoms with Gasteiger partial charge in [0.2, 0.25) is 0 Å². The Morgan fingerprint density at radius 2 is 1.85 bits per heavy atom. The summed E-state index contributed by atoms with van der Waals surface area (Å²) in [7, 11) is 2.11.